The third-order valence-corrected chi connectivity index (χ3v) is 2.70. The van der Waals surface area contributed by atoms with E-state index in [2.05, 4.69) is 20.4 Å². The van der Waals surface area contributed by atoms with Crippen LogP contribution in [0.3, 0.4) is 0 Å². The first-order valence-electron chi connectivity index (χ1n) is 5.60. The molecule has 0 radical (unpaired) electrons. The maximum Gasteiger partial charge on any atom is 0.253 e. The zero-order valence-corrected chi connectivity index (χ0v) is 11.1. The summed E-state index contributed by atoms with van der Waals surface area (Å²) >= 11 is 5.88. The van der Waals surface area contributed by atoms with Crippen molar-refractivity contribution in [2.24, 2.45) is 7.05 Å². The number of carbonyl (C=O) groups excluding carboxylic acids is 1. The van der Waals surface area contributed by atoms with E-state index in [1.807, 2.05) is 0 Å². The number of anilines is 1. The van der Waals surface area contributed by atoms with Crippen molar-refractivity contribution in [3.63, 3.8) is 0 Å². The lowest BCUT2D eigenvalue weighted by Crippen LogP contribution is -2.26. The molecule has 0 fully saturated rings. The van der Waals surface area contributed by atoms with Crippen molar-refractivity contribution < 1.29 is 4.79 Å². The number of nitrogen functional groups attached to an aromatic ring is 1. The van der Waals surface area contributed by atoms with Crippen LogP contribution in [0.2, 0.25) is 5.02 Å². The summed E-state index contributed by atoms with van der Waals surface area (Å²) in [6.07, 6.45) is 3.51. The van der Waals surface area contributed by atoms with Gasteiger partial charge in [0.25, 0.3) is 5.91 Å². The maximum absolute atomic E-state index is 11.9. The van der Waals surface area contributed by atoms with Crippen LogP contribution in [0.4, 0.5) is 5.82 Å². The Labute approximate surface area is 114 Å². The van der Waals surface area contributed by atoms with Gasteiger partial charge in [-0.1, -0.05) is 11.6 Å². The van der Waals surface area contributed by atoms with Gasteiger partial charge in [-0.15, -0.1) is 0 Å². The highest BCUT2D eigenvalue weighted by Gasteiger charge is 2.11. The van der Waals surface area contributed by atoms with Gasteiger partial charge in [0.15, 0.2) is 5.82 Å². The number of hydrogen-bond donors (Lipinski definition) is 2. The smallest absolute Gasteiger partial charge is 0.253 e. The molecule has 3 N–H and O–H groups in total. The molecule has 0 bridgehead atoms. The fraction of sp³-hybridized carbons (Fsp3) is 0.273. The van der Waals surface area contributed by atoms with E-state index in [0.29, 0.717) is 24.4 Å². The van der Waals surface area contributed by atoms with E-state index >= 15 is 0 Å². The largest absolute Gasteiger partial charge is 0.384 e. The molecule has 0 aliphatic carbocycles. The molecule has 0 saturated carbocycles. The standard InChI is InChI=1S/C11H13ClN6O/c1-18-6-16-10(17-18)2-3-14-11(19)7-4-9(13)15-5-8(7)12/h4-6H,2-3H2,1H3,(H2,13,15)(H,14,19). The first kappa shape index (κ1) is 13.3. The van der Waals surface area contributed by atoms with Crippen LogP contribution >= 0.6 is 11.6 Å². The lowest BCUT2D eigenvalue weighted by Gasteiger charge is -2.06. The van der Waals surface area contributed by atoms with Crippen molar-refractivity contribution in [2.75, 3.05) is 12.3 Å². The van der Waals surface area contributed by atoms with Gasteiger partial charge in [-0.25, -0.2) is 9.97 Å². The van der Waals surface area contributed by atoms with Gasteiger partial charge in [0.1, 0.15) is 12.1 Å². The monoisotopic (exact) mass is 280 g/mol. The van der Waals surface area contributed by atoms with E-state index in [-0.39, 0.29) is 16.7 Å². The molecule has 8 heteroatoms. The number of nitrogens with two attached hydrogens (primary N) is 1. The van der Waals surface area contributed by atoms with Gasteiger partial charge in [-0.2, -0.15) is 5.10 Å². The van der Waals surface area contributed by atoms with Crippen LogP contribution in [-0.2, 0) is 13.5 Å². The molecule has 0 unspecified atom stereocenters. The quantitative estimate of drug-likeness (QED) is 0.845. The molecule has 0 aliphatic heterocycles. The zero-order valence-electron chi connectivity index (χ0n) is 10.3. The van der Waals surface area contributed by atoms with Crippen LogP contribution in [0.25, 0.3) is 0 Å². The molecule has 0 aliphatic rings. The van der Waals surface area contributed by atoms with E-state index in [0.717, 1.165) is 0 Å². The fourth-order valence-electron chi connectivity index (χ4n) is 1.51. The molecule has 0 saturated heterocycles. The summed E-state index contributed by atoms with van der Waals surface area (Å²) in [6, 6.07) is 1.44. The van der Waals surface area contributed by atoms with E-state index in [9.17, 15) is 4.79 Å². The molecule has 2 aromatic rings. The summed E-state index contributed by atoms with van der Waals surface area (Å²) in [5.41, 5.74) is 5.82. The summed E-state index contributed by atoms with van der Waals surface area (Å²) in [5.74, 6) is 0.624. The van der Waals surface area contributed by atoms with E-state index in [4.69, 9.17) is 17.3 Å². The topological polar surface area (TPSA) is 98.7 Å². The Morgan fingerprint density at radius 1 is 1.53 bits per heavy atom. The Morgan fingerprint density at radius 2 is 2.32 bits per heavy atom. The average Bonchev–Trinajstić information content (AvgIpc) is 2.78. The molecule has 0 spiro atoms. The summed E-state index contributed by atoms with van der Waals surface area (Å²) in [7, 11) is 1.79. The molecule has 0 atom stereocenters. The van der Waals surface area contributed by atoms with Crippen LogP contribution in [0.5, 0.6) is 0 Å². The fourth-order valence-corrected chi connectivity index (χ4v) is 1.70. The molecular weight excluding hydrogens is 268 g/mol. The predicted octanol–water partition coefficient (Wildman–Crippen LogP) is 0.418. The van der Waals surface area contributed by atoms with Gasteiger partial charge in [0.05, 0.1) is 10.6 Å². The number of amides is 1. The third-order valence-electron chi connectivity index (χ3n) is 2.40. The van der Waals surface area contributed by atoms with Crippen LogP contribution in [0.15, 0.2) is 18.6 Å². The second kappa shape index (κ2) is 5.66. The highest BCUT2D eigenvalue weighted by Crippen LogP contribution is 2.16. The van der Waals surface area contributed by atoms with Crippen molar-refractivity contribution in [1.29, 1.82) is 0 Å². The van der Waals surface area contributed by atoms with Crippen LogP contribution in [-0.4, -0.2) is 32.2 Å². The predicted molar refractivity (Wildman–Crippen MR) is 70.7 cm³/mol. The minimum Gasteiger partial charge on any atom is -0.384 e. The summed E-state index contributed by atoms with van der Waals surface area (Å²) in [6.45, 7) is 0.418. The number of rotatable bonds is 4. The van der Waals surface area contributed by atoms with Crippen LogP contribution in [0.1, 0.15) is 16.2 Å². The van der Waals surface area contributed by atoms with E-state index in [1.165, 1.54) is 12.3 Å². The number of aryl methyl sites for hydroxylation is 1. The highest BCUT2D eigenvalue weighted by molar-refractivity contribution is 6.33. The minimum atomic E-state index is -0.296. The molecule has 7 nitrogen and oxygen atoms in total. The molecule has 2 aromatic heterocycles. The Hall–Kier alpha value is -2.15. The first-order valence-corrected chi connectivity index (χ1v) is 5.98. The van der Waals surface area contributed by atoms with E-state index < -0.39 is 0 Å². The number of hydrogen-bond acceptors (Lipinski definition) is 5. The van der Waals surface area contributed by atoms with Gasteiger partial charge >= 0.3 is 0 Å². The summed E-state index contributed by atoms with van der Waals surface area (Å²) < 4.78 is 1.61. The van der Waals surface area contributed by atoms with Crippen LogP contribution < -0.4 is 11.1 Å². The Balaban J connectivity index is 1.92. The van der Waals surface area contributed by atoms with Crippen molar-refractivity contribution >= 4 is 23.3 Å². The van der Waals surface area contributed by atoms with Gasteiger partial charge in [-0.3, -0.25) is 9.48 Å². The average molecular weight is 281 g/mol. The lowest BCUT2D eigenvalue weighted by molar-refractivity contribution is 0.0954. The molecule has 19 heavy (non-hydrogen) atoms. The Kier molecular flexibility index (Phi) is 3.96. The SMILES string of the molecule is Cn1cnc(CCNC(=O)c2cc(N)ncc2Cl)n1. The van der Waals surface area contributed by atoms with Crippen molar-refractivity contribution in [3.8, 4) is 0 Å². The number of carbonyl (C=O) groups is 1. The second-order valence-corrected chi connectivity index (χ2v) is 4.34. The van der Waals surface area contributed by atoms with Crippen molar-refractivity contribution in [3.05, 3.63) is 35.0 Å². The molecule has 2 rings (SSSR count). The van der Waals surface area contributed by atoms with Crippen molar-refractivity contribution in [2.45, 2.75) is 6.42 Å². The normalized spacial score (nSPS) is 10.4. The van der Waals surface area contributed by atoms with Gasteiger partial charge in [-0.05, 0) is 6.07 Å². The molecule has 1 amide bonds. The zero-order chi connectivity index (χ0) is 13.8. The first-order chi connectivity index (χ1) is 9.06. The molecular formula is C11H13ClN6O. The van der Waals surface area contributed by atoms with E-state index in [1.54, 1.807) is 18.1 Å². The Bertz CT molecular complexity index is 597. The molecule has 2 heterocycles. The minimum absolute atomic E-state index is 0.251. The second-order valence-electron chi connectivity index (χ2n) is 3.93. The number of nitrogens with one attached hydrogen (secondary N) is 1. The maximum atomic E-state index is 11.9. The van der Waals surface area contributed by atoms with Gasteiger partial charge in [0.2, 0.25) is 0 Å². The summed E-state index contributed by atoms with van der Waals surface area (Å²) in [4.78, 5) is 19.7. The number of nitrogens with zero attached hydrogens (tertiary/aromatic N) is 4. The lowest BCUT2D eigenvalue weighted by atomic mass is 10.2. The Morgan fingerprint density at radius 3 is 3.00 bits per heavy atom. The van der Waals surface area contributed by atoms with Crippen molar-refractivity contribution in [1.82, 2.24) is 25.1 Å². The van der Waals surface area contributed by atoms with Gasteiger partial charge in [0, 0.05) is 26.2 Å². The number of pyridine rings is 1. The molecule has 100 valence electrons. The summed E-state index contributed by atoms with van der Waals surface area (Å²) in [5, 5.41) is 7.11. The van der Waals surface area contributed by atoms with Crippen LogP contribution in [0, 0.1) is 0 Å². The third kappa shape index (κ3) is 3.41. The number of halogens is 1. The van der Waals surface area contributed by atoms with Gasteiger partial charge < -0.3 is 11.1 Å². The highest BCUT2D eigenvalue weighted by atomic mass is 35.5. The molecule has 0 aromatic carbocycles. The number of aromatic nitrogens is 4.